The number of esters is 1. The standard InChI is InChI=1S/C23H23N3O4/c1-3-29-23(27)18-14-24-21(15-8-10-16(28-2)11-9-15)26-22(18)25-19-12-13-30-20-7-5-4-6-17(19)20/h4-11,14,19H,3,12-13H2,1-2H3,(H,24,25,26). The molecule has 0 radical (unpaired) electrons. The maximum atomic E-state index is 12.5. The van der Waals surface area contributed by atoms with E-state index in [9.17, 15) is 4.79 Å². The Kier molecular flexibility index (Phi) is 5.79. The van der Waals surface area contributed by atoms with Gasteiger partial charge in [-0.3, -0.25) is 0 Å². The van der Waals surface area contributed by atoms with Crippen LogP contribution in [-0.4, -0.2) is 36.3 Å². The summed E-state index contributed by atoms with van der Waals surface area (Å²) in [7, 11) is 1.62. The highest BCUT2D eigenvalue weighted by Crippen LogP contribution is 2.34. The molecule has 1 aliphatic rings. The van der Waals surface area contributed by atoms with Gasteiger partial charge in [-0.15, -0.1) is 0 Å². The van der Waals surface area contributed by atoms with E-state index >= 15 is 0 Å². The number of anilines is 1. The lowest BCUT2D eigenvalue weighted by Crippen LogP contribution is -2.22. The minimum Gasteiger partial charge on any atom is -0.497 e. The largest absolute Gasteiger partial charge is 0.497 e. The number of methoxy groups -OCH3 is 1. The number of fused-ring (bicyclic) bond motifs is 1. The third-order valence-electron chi connectivity index (χ3n) is 4.90. The fourth-order valence-corrected chi connectivity index (χ4v) is 3.39. The molecule has 30 heavy (non-hydrogen) atoms. The van der Waals surface area contributed by atoms with Gasteiger partial charge in [-0.1, -0.05) is 18.2 Å². The Morgan fingerprint density at radius 1 is 1.20 bits per heavy atom. The van der Waals surface area contributed by atoms with Gasteiger partial charge in [0.25, 0.3) is 0 Å². The van der Waals surface area contributed by atoms with Gasteiger partial charge >= 0.3 is 5.97 Å². The number of nitrogens with zero attached hydrogens (tertiary/aromatic N) is 2. The molecule has 1 N–H and O–H groups in total. The molecule has 1 atom stereocenters. The van der Waals surface area contributed by atoms with E-state index in [1.807, 2.05) is 48.5 Å². The zero-order valence-electron chi connectivity index (χ0n) is 16.9. The zero-order chi connectivity index (χ0) is 20.9. The molecule has 4 rings (SSSR count). The van der Waals surface area contributed by atoms with Crippen molar-refractivity contribution in [3.63, 3.8) is 0 Å². The Morgan fingerprint density at radius 2 is 2.00 bits per heavy atom. The van der Waals surface area contributed by atoms with Gasteiger partial charge in [0, 0.05) is 23.7 Å². The molecule has 1 aliphatic heterocycles. The van der Waals surface area contributed by atoms with Crippen molar-refractivity contribution in [2.24, 2.45) is 0 Å². The van der Waals surface area contributed by atoms with Crippen LogP contribution in [0.4, 0.5) is 5.82 Å². The maximum absolute atomic E-state index is 12.5. The predicted octanol–water partition coefficient (Wildman–Crippen LogP) is 4.26. The number of hydrogen-bond donors (Lipinski definition) is 1. The van der Waals surface area contributed by atoms with E-state index in [0.717, 1.165) is 29.0 Å². The van der Waals surface area contributed by atoms with Gasteiger partial charge in [0.2, 0.25) is 0 Å². The first-order valence-electron chi connectivity index (χ1n) is 9.86. The van der Waals surface area contributed by atoms with E-state index in [1.54, 1.807) is 14.0 Å². The minimum atomic E-state index is -0.457. The van der Waals surface area contributed by atoms with E-state index in [1.165, 1.54) is 6.20 Å². The molecule has 0 aliphatic carbocycles. The van der Waals surface area contributed by atoms with E-state index in [-0.39, 0.29) is 12.6 Å². The van der Waals surface area contributed by atoms with Crippen molar-refractivity contribution in [2.45, 2.75) is 19.4 Å². The SMILES string of the molecule is CCOC(=O)c1cnc(-c2ccc(OC)cc2)nc1NC1CCOc2ccccc21. The first-order chi connectivity index (χ1) is 14.7. The van der Waals surface area contributed by atoms with E-state index in [2.05, 4.69) is 15.3 Å². The Balaban J connectivity index is 1.71. The molecule has 1 aromatic heterocycles. The van der Waals surface area contributed by atoms with Crippen LogP contribution in [0.15, 0.2) is 54.7 Å². The summed E-state index contributed by atoms with van der Waals surface area (Å²) in [5.74, 6) is 2.08. The third-order valence-corrected chi connectivity index (χ3v) is 4.90. The van der Waals surface area contributed by atoms with Crippen LogP contribution in [0.1, 0.15) is 35.3 Å². The molecule has 0 amide bonds. The number of carbonyl (C=O) groups is 1. The number of rotatable bonds is 6. The molecule has 7 heteroatoms. The number of para-hydroxylation sites is 1. The summed E-state index contributed by atoms with van der Waals surface area (Å²) in [4.78, 5) is 21.6. The smallest absolute Gasteiger partial charge is 0.343 e. The summed E-state index contributed by atoms with van der Waals surface area (Å²) in [6.45, 7) is 2.63. The molecular formula is C23H23N3O4. The van der Waals surface area contributed by atoms with Crippen LogP contribution in [0.25, 0.3) is 11.4 Å². The van der Waals surface area contributed by atoms with Crippen LogP contribution in [0.2, 0.25) is 0 Å². The van der Waals surface area contributed by atoms with E-state index < -0.39 is 5.97 Å². The zero-order valence-corrected chi connectivity index (χ0v) is 16.9. The van der Waals surface area contributed by atoms with Gasteiger partial charge in [-0.25, -0.2) is 14.8 Å². The number of nitrogens with one attached hydrogen (secondary N) is 1. The molecular weight excluding hydrogens is 382 g/mol. The van der Waals surface area contributed by atoms with Crippen LogP contribution in [0.5, 0.6) is 11.5 Å². The topological polar surface area (TPSA) is 82.6 Å². The number of hydrogen-bond acceptors (Lipinski definition) is 7. The van der Waals surface area contributed by atoms with Crippen LogP contribution in [0, 0.1) is 0 Å². The Morgan fingerprint density at radius 3 is 2.77 bits per heavy atom. The molecule has 2 heterocycles. The van der Waals surface area contributed by atoms with Crippen molar-refractivity contribution in [3.05, 3.63) is 65.9 Å². The first-order valence-corrected chi connectivity index (χ1v) is 9.86. The second-order valence-corrected chi connectivity index (χ2v) is 6.78. The van der Waals surface area contributed by atoms with Gasteiger partial charge in [-0.2, -0.15) is 0 Å². The highest BCUT2D eigenvalue weighted by atomic mass is 16.5. The van der Waals surface area contributed by atoms with Crippen LogP contribution in [-0.2, 0) is 4.74 Å². The number of carbonyl (C=O) groups excluding carboxylic acids is 1. The second-order valence-electron chi connectivity index (χ2n) is 6.78. The number of benzene rings is 2. The lowest BCUT2D eigenvalue weighted by Gasteiger charge is -2.27. The molecule has 1 unspecified atom stereocenters. The number of aromatic nitrogens is 2. The van der Waals surface area contributed by atoms with E-state index in [0.29, 0.717) is 23.8 Å². The molecule has 3 aromatic rings. The fourth-order valence-electron chi connectivity index (χ4n) is 3.39. The normalized spacial score (nSPS) is 14.9. The highest BCUT2D eigenvalue weighted by molar-refractivity contribution is 5.94. The van der Waals surface area contributed by atoms with Crippen molar-refractivity contribution in [2.75, 3.05) is 25.6 Å². The van der Waals surface area contributed by atoms with Crippen LogP contribution in [0.3, 0.4) is 0 Å². The molecule has 7 nitrogen and oxygen atoms in total. The van der Waals surface area contributed by atoms with Gasteiger partial charge in [0.05, 0.1) is 26.4 Å². The molecule has 0 spiro atoms. The third kappa shape index (κ3) is 4.05. The lowest BCUT2D eigenvalue weighted by molar-refractivity contribution is 0.0526. The quantitative estimate of drug-likeness (QED) is 0.614. The van der Waals surface area contributed by atoms with Crippen molar-refractivity contribution in [1.29, 1.82) is 0 Å². The minimum absolute atomic E-state index is 0.0401. The predicted molar refractivity (Wildman–Crippen MR) is 113 cm³/mol. The van der Waals surface area contributed by atoms with Gasteiger partial charge in [0.15, 0.2) is 5.82 Å². The average Bonchev–Trinajstić information content (AvgIpc) is 2.79. The van der Waals surface area contributed by atoms with Gasteiger partial charge < -0.3 is 19.5 Å². The van der Waals surface area contributed by atoms with Gasteiger partial charge in [0.1, 0.15) is 22.9 Å². The Hall–Kier alpha value is -3.61. The molecule has 0 bridgehead atoms. The summed E-state index contributed by atoms with van der Waals surface area (Å²) in [6, 6.07) is 15.3. The fraction of sp³-hybridized carbons (Fsp3) is 0.261. The molecule has 2 aromatic carbocycles. The number of ether oxygens (including phenoxy) is 3. The van der Waals surface area contributed by atoms with Crippen LogP contribution >= 0.6 is 0 Å². The van der Waals surface area contributed by atoms with Gasteiger partial charge in [-0.05, 0) is 37.3 Å². The summed E-state index contributed by atoms with van der Waals surface area (Å²) >= 11 is 0. The molecule has 0 fully saturated rings. The van der Waals surface area contributed by atoms with Crippen LogP contribution < -0.4 is 14.8 Å². The average molecular weight is 405 g/mol. The van der Waals surface area contributed by atoms with E-state index in [4.69, 9.17) is 14.2 Å². The lowest BCUT2D eigenvalue weighted by atomic mass is 10.0. The summed E-state index contributed by atoms with van der Waals surface area (Å²) < 4.78 is 16.2. The summed E-state index contributed by atoms with van der Waals surface area (Å²) in [5.41, 5.74) is 2.16. The summed E-state index contributed by atoms with van der Waals surface area (Å²) in [5, 5.41) is 3.42. The first kappa shape index (κ1) is 19.7. The van der Waals surface area contributed by atoms with Crippen molar-refractivity contribution >= 4 is 11.8 Å². The summed E-state index contributed by atoms with van der Waals surface area (Å²) in [6.07, 6.45) is 2.26. The Labute approximate surface area is 175 Å². The molecule has 0 saturated heterocycles. The van der Waals surface area contributed by atoms with Crippen molar-refractivity contribution in [1.82, 2.24) is 9.97 Å². The second kappa shape index (κ2) is 8.82. The monoisotopic (exact) mass is 405 g/mol. The maximum Gasteiger partial charge on any atom is 0.343 e. The Bertz CT molecular complexity index is 1040. The molecule has 154 valence electrons. The highest BCUT2D eigenvalue weighted by Gasteiger charge is 2.24. The van der Waals surface area contributed by atoms with Crippen molar-refractivity contribution in [3.8, 4) is 22.9 Å². The molecule has 0 saturated carbocycles. The van der Waals surface area contributed by atoms with Crippen molar-refractivity contribution < 1.29 is 19.0 Å².